The predicted octanol–water partition coefficient (Wildman–Crippen LogP) is 5.33. The number of carbonyl (C=O) groups is 1. The van der Waals surface area contributed by atoms with E-state index in [0.717, 1.165) is 15.7 Å². The van der Waals surface area contributed by atoms with Crippen molar-refractivity contribution in [3.63, 3.8) is 0 Å². The van der Waals surface area contributed by atoms with Crippen LogP contribution in [0.4, 0.5) is 16.5 Å². The van der Waals surface area contributed by atoms with Gasteiger partial charge in [0, 0.05) is 17.9 Å². The molecule has 3 rings (SSSR count). The third kappa shape index (κ3) is 5.38. The van der Waals surface area contributed by atoms with Crippen molar-refractivity contribution in [1.29, 1.82) is 5.26 Å². The zero-order valence-corrected chi connectivity index (χ0v) is 18.8. The smallest absolute Gasteiger partial charge is 0.240 e. The van der Waals surface area contributed by atoms with Gasteiger partial charge in [-0.15, -0.1) is 10.2 Å². The van der Waals surface area contributed by atoms with Gasteiger partial charge in [-0.2, -0.15) is 5.26 Å². The average Bonchev–Trinajstić information content (AvgIpc) is 3.19. The first-order valence-electron chi connectivity index (χ1n) is 9.56. The lowest BCUT2D eigenvalue weighted by atomic mass is 10.1. The van der Waals surface area contributed by atoms with Gasteiger partial charge in [-0.1, -0.05) is 53.4 Å². The van der Waals surface area contributed by atoms with E-state index in [-0.39, 0.29) is 17.6 Å². The molecule has 2 aromatic carbocycles. The van der Waals surface area contributed by atoms with E-state index in [0.29, 0.717) is 11.7 Å². The van der Waals surface area contributed by atoms with Crippen molar-refractivity contribution in [3.8, 4) is 6.07 Å². The molecule has 6 nitrogen and oxygen atoms in total. The Hall–Kier alpha value is -2.89. The van der Waals surface area contributed by atoms with E-state index >= 15 is 0 Å². The number of aromatic nitrogens is 2. The second-order valence-corrected chi connectivity index (χ2v) is 9.30. The lowest BCUT2D eigenvalue weighted by molar-refractivity contribution is -0.117. The van der Waals surface area contributed by atoms with Crippen LogP contribution in [0.15, 0.2) is 52.9 Å². The number of nitrogens with one attached hydrogen (secondary N) is 1. The Morgan fingerprint density at radius 2 is 1.97 bits per heavy atom. The van der Waals surface area contributed by atoms with Gasteiger partial charge in [-0.3, -0.25) is 4.79 Å². The number of thioether (sulfide) groups is 1. The van der Waals surface area contributed by atoms with Crippen molar-refractivity contribution in [2.24, 2.45) is 0 Å². The fourth-order valence-electron chi connectivity index (χ4n) is 2.87. The van der Waals surface area contributed by atoms with Crippen LogP contribution in [-0.2, 0) is 4.79 Å². The molecule has 0 aliphatic carbocycles. The molecule has 0 bridgehead atoms. The number of nitrogens with zero attached hydrogens (tertiary/aromatic N) is 4. The van der Waals surface area contributed by atoms with Crippen molar-refractivity contribution in [2.45, 2.75) is 36.8 Å². The van der Waals surface area contributed by atoms with Gasteiger partial charge in [0.15, 0.2) is 4.34 Å². The highest BCUT2D eigenvalue weighted by Gasteiger charge is 2.24. The van der Waals surface area contributed by atoms with Crippen molar-refractivity contribution >= 4 is 45.5 Å². The SMILES string of the molecule is Cc1cccc(Nc2nnc(SC(C)C(=O)N(CCC#N)c3ccccc3)s2)c1C. The molecule has 0 saturated carbocycles. The summed E-state index contributed by atoms with van der Waals surface area (Å²) in [6.07, 6.45) is 0.279. The highest BCUT2D eigenvalue weighted by atomic mass is 32.2. The fraction of sp³-hybridized carbons (Fsp3) is 0.273. The number of aryl methyl sites for hydroxylation is 1. The van der Waals surface area contributed by atoms with E-state index < -0.39 is 0 Å². The molecule has 154 valence electrons. The molecular weight excluding hydrogens is 414 g/mol. The summed E-state index contributed by atoms with van der Waals surface area (Å²) in [5, 5.41) is 21.1. The van der Waals surface area contributed by atoms with Crippen molar-refractivity contribution in [3.05, 3.63) is 59.7 Å². The molecule has 1 unspecified atom stereocenters. The number of para-hydroxylation sites is 1. The van der Waals surface area contributed by atoms with Crippen LogP contribution < -0.4 is 10.2 Å². The minimum Gasteiger partial charge on any atom is -0.330 e. The van der Waals surface area contributed by atoms with Crippen LogP contribution in [0.1, 0.15) is 24.5 Å². The second-order valence-electron chi connectivity index (χ2n) is 6.74. The molecule has 30 heavy (non-hydrogen) atoms. The summed E-state index contributed by atoms with van der Waals surface area (Å²) >= 11 is 2.80. The molecule has 0 radical (unpaired) electrons. The summed E-state index contributed by atoms with van der Waals surface area (Å²) in [4.78, 5) is 14.7. The first-order chi connectivity index (χ1) is 14.5. The molecule has 0 fully saturated rings. The van der Waals surface area contributed by atoms with E-state index in [1.807, 2.05) is 49.4 Å². The lowest BCUT2D eigenvalue weighted by Gasteiger charge is -2.24. The Morgan fingerprint density at radius 1 is 1.20 bits per heavy atom. The highest BCUT2D eigenvalue weighted by Crippen LogP contribution is 2.32. The van der Waals surface area contributed by atoms with Gasteiger partial charge in [0.25, 0.3) is 0 Å². The van der Waals surface area contributed by atoms with Gasteiger partial charge in [0.05, 0.1) is 17.7 Å². The van der Waals surface area contributed by atoms with Gasteiger partial charge in [-0.25, -0.2) is 0 Å². The van der Waals surface area contributed by atoms with E-state index in [4.69, 9.17) is 5.26 Å². The number of carbonyl (C=O) groups excluding carboxylic acids is 1. The van der Waals surface area contributed by atoms with Crippen molar-refractivity contribution in [1.82, 2.24) is 10.2 Å². The van der Waals surface area contributed by atoms with Gasteiger partial charge < -0.3 is 10.2 Å². The Bertz CT molecular complexity index is 1050. The van der Waals surface area contributed by atoms with Crippen LogP contribution in [-0.4, -0.2) is 27.9 Å². The maximum Gasteiger partial charge on any atom is 0.240 e. The van der Waals surface area contributed by atoms with Crippen molar-refractivity contribution in [2.75, 3.05) is 16.8 Å². The first-order valence-corrected chi connectivity index (χ1v) is 11.3. The fourth-order valence-corrected chi connectivity index (χ4v) is 4.84. The van der Waals surface area contributed by atoms with Gasteiger partial charge in [-0.05, 0) is 50.1 Å². The second kappa shape index (κ2) is 10.2. The molecule has 0 saturated heterocycles. The summed E-state index contributed by atoms with van der Waals surface area (Å²) in [7, 11) is 0. The Balaban J connectivity index is 1.69. The van der Waals surface area contributed by atoms with Gasteiger partial charge in [0.1, 0.15) is 0 Å². The number of benzene rings is 2. The number of rotatable bonds is 8. The summed E-state index contributed by atoms with van der Waals surface area (Å²) in [5.41, 5.74) is 4.16. The first kappa shape index (κ1) is 21.8. The quantitative estimate of drug-likeness (QED) is 0.480. The maximum absolute atomic E-state index is 13.1. The van der Waals surface area contributed by atoms with E-state index in [9.17, 15) is 4.79 Å². The van der Waals surface area contributed by atoms with Crippen LogP contribution in [0.5, 0.6) is 0 Å². The number of hydrogen-bond acceptors (Lipinski definition) is 7. The molecule has 0 aliphatic heterocycles. The Labute approximate surface area is 185 Å². The molecule has 1 heterocycles. The topological polar surface area (TPSA) is 81.9 Å². The van der Waals surface area contributed by atoms with Gasteiger partial charge >= 0.3 is 0 Å². The summed E-state index contributed by atoms with van der Waals surface area (Å²) in [5.74, 6) is -0.0549. The number of hydrogen-bond donors (Lipinski definition) is 1. The zero-order chi connectivity index (χ0) is 21.5. The third-order valence-electron chi connectivity index (χ3n) is 4.66. The Morgan fingerprint density at radius 3 is 2.70 bits per heavy atom. The molecule has 8 heteroatoms. The molecule has 1 aromatic heterocycles. The molecule has 0 aliphatic rings. The minimum absolute atomic E-state index is 0.0549. The molecular formula is C22H23N5OS2. The number of anilines is 3. The lowest BCUT2D eigenvalue weighted by Crippen LogP contribution is -2.37. The monoisotopic (exact) mass is 437 g/mol. The minimum atomic E-state index is -0.356. The predicted molar refractivity (Wildman–Crippen MR) is 123 cm³/mol. The molecule has 1 amide bonds. The van der Waals surface area contributed by atoms with Crippen LogP contribution >= 0.6 is 23.1 Å². The highest BCUT2D eigenvalue weighted by molar-refractivity contribution is 8.02. The molecule has 3 aromatic rings. The zero-order valence-electron chi connectivity index (χ0n) is 17.1. The van der Waals surface area contributed by atoms with Crippen LogP contribution in [0, 0.1) is 25.2 Å². The van der Waals surface area contributed by atoms with Gasteiger partial charge in [0.2, 0.25) is 11.0 Å². The third-order valence-corrected chi connectivity index (χ3v) is 6.67. The number of nitriles is 1. The van der Waals surface area contributed by atoms with E-state index in [1.165, 1.54) is 34.2 Å². The van der Waals surface area contributed by atoms with Crippen molar-refractivity contribution < 1.29 is 4.79 Å². The molecule has 0 spiro atoms. The van der Waals surface area contributed by atoms with E-state index in [2.05, 4.69) is 41.5 Å². The molecule has 1 N–H and O–H groups in total. The van der Waals surface area contributed by atoms with Crippen LogP contribution in [0.25, 0.3) is 0 Å². The van der Waals surface area contributed by atoms with Crippen LogP contribution in [0.3, 0.4) is 0 Å². The maximum atomic E-state index is 13.1. The normalized spacial score (nSPS) is 11.5. The average molecular weight is 438 g/mol. The van der Waals surface area contributed by atoms with E-state index in [1.54, 1.807) is 4.90 Å². The number of amides is 1. The summed E-state index contributed by atoms with van der Waals surface area (Å²) in [6.45, 7) is 6.35. The summed E-state index contributed by atoms with van der Waals surface area (Å²) < 4.78 is 0.719. The van der Waals surface area contributed by atoms with Crippen LogP contribution in [0.2, 0.25) is 0 Å². The largest absolute Gasteiger partial charge is 0.330 e. The molecule has 1 atom stereocenters. The Kier molecular flexibility index (Phi) is 7.44. The standard InChI is InChI=1S/C22H23N5OS2/c1-15-9-7-12-19(16(15)2)24-21-25-26-22(30-21)29-17(3)20(28)27(14-8-13-23)18-10-5-4-6-11-18/h4-7,9-12,17H,8,14H2,1-3H3,(H,24,25). The summed E-state index contributed by atoms with van der Waals surface area (Å²) in [6, 6.07) is 17.6.